The summed E-state index contributed by atoms with van der Waals surface area (Å²) in [7, 11) is -0.1000. The molecule has 2 amide bonds. The van der Waals surface area contributed by atoms with Gasteiger partial charge in [-0.1, -0.05) is 54.6 Å². The molecule has 2 aromatic carbocycles. The first-order valence-electron chi connectivity index (χ1n) is 10.6. The molecule has 33 heavy (non-hydrogen) atoms. The van der Waals surface area contributed by atoms with Crippen molar-refractivity contribution in [3.05, 3.63) is 76.9 Å². The minimum Gasteiger partial charge on any atom is -0.449 e. The van der Waals surface area contributed by atoms with Crippen molar-refractivity contribution in [3.8, 4) is 6.07 Å². The molecule has 0 aliphatic heterocycles. The number of nitrogens with zero attached hydrogens (tertiary/aromatic N) is 2. The number of rotatable bonds is 10. The number of benzene rings is 2. The number of hydrogen-bond acceptors (Lipinski definition) is 6. The molecule has 0 spiro atoms. The second kappa shape index (κ2) is 13.1. The number of carbonyl (C=O) groups excluding carboxylic acids is 2. The monoisotopic (exact) mass is 449 g/mol. The number of likely N-dealkylation sites (N-methyl/N-ethyl adjacent to an activating group) is 1. The molecule has 2 rings (SSSR count). The Labute approximate surface area is 194 Å². The van der Waals surface area contributed by atoms with Gasteiger partial charge in [-0.15, -0.1) is 0 Å². The van der Waals surface area contributed by atoms with E-state index in [1.54, 1.807) is 19.2 Å². The van der Waals surface area contributed by atoms with Crippen LogP contribution < -0.4 is 5.32 Å². The zero-order valence-electron chi connectivity index (χ0n) is 18.8. The molecule has 0 fully saturated rings. The van der Waals surface area contributed by atoms with E-state index in [2.05, 4.69) is 5.32 Å². The van der Waals surface area contributed by atoms with Crippen LogP contribution in [-0.2, 0) is 22.4 Å². The van der Waals surface area contributed by atoms with Crippen LogP contribution in [0.15, 0.2) is 60.2 Å². The Bertz CT molecular complexity index is 1000. The quantitative estimate of drug-likeness (QED) is 0.290. The van der Waals surface area contributed by atoms with Crippen molar-refractivity contribution < 1.29 is 24.4 Å². The van der Waals surface area contributed by atoms with Gasteiger partial charge >= 0.3 is 13.2 Å². The Hall–Kier alpha value is -3.61. The molecule has 1 unspecified atom stereocenters. The second-order valence-electron chi connectivity index (χ2n) is 7.47. The largest absolute Gasteiger partial charge is 0.475 e. The van der Waals surface area contributed by atoms with E-state index in [1.165, 1.54) is 11.0 Å². The maximum atomic E-state index is 12.2. The summed E-state index contributed by atoms with van der Waals surface area (Å²) in [5, 5.41) is 30.9. The fraction of sp³-hybridized carbons (Fsp3) is 0.292. The van der Waals surface area contributed by atoms with Crippen molar-refractivity contribution in [2.24, 2.45) is 0 Å². The highest BCUT2D eigenvalue weighted by Crippen LogP contribution is 2.12. The summed E-state index contributed by atoms with van der Waals surface area (Å²) >= 11 is 0. The summed E-state index contributed by atoms with van der Waals surface area (Å²) < 4.78 is 5.19. The number of carbonyl (C=O) groups is 2. The molecule has 0 saturated carbocycles. The van der Waals surface area contributed by atoms with Gasteiger partial charge in [-0.2, -0.15) is 5.26 Å². The van der Waals surface area contributed by atoms with Gasteiger partial charge in [-0.25, -0.2) is 4.79 Å². The van der Waals surface area contributed by atoms with E-state index in [0.717, 1.165) is 11.1 Å². The van der Waals surface area contributed by atoms with E-state index < -0.39 is 19.2 Å². The smallest absolute Gasteiger partial charge is 0.449 e. The maximum Gasteiger partial charge on any atom is 0.475 e. The average Bonchev–Trinajstić information content (AvgIpc) is 2.82. The zero-order valence-corrected chi connectivity index (χ0v) is 18.8. The summed E-state index contributed by atoms with van der Waals surface area (Å²) in [4.78, 5) is 25.8. The maximum absolute atomic E-state index is 12.2. The Kier molecular flexibility index (Phi) is 10.2. The minimum atomic E-state index is -1.73. The van der Waals surface area contributed by atoms with Crippen molar-refractivity contribution in [3.63, 3.8) is 0 Å². The number of alkyl carbamates (subject to hydrolysis) is 1. The molecule has 0 aliphatic carbocycles. The third-order valence-corrected chi connectivity index (χ3v) is 5.02. The lowest BCUT2D eigenvalue weighted by atomic mass is 9.76. The normalized spacial score (nSPS) is 11.8. The van der Waals surface area contributed by atoms with E-state index in [-0.39, 0.29) is 24.5 Å². The van der Waals surface area contributed by atoms with Crippen LogP contribution in [-0.4, -0.2) is 60.2 Å². The van der Waals surface area contributed by atoms with Crippen LogP contribution in [0.1, 0.15) is 23.6 Å². The van der Waals surface area contributed by atoms with Gasteiger partial charge in [0.1, 0.15) is 11.6 Å². The van der Waals surface area contributed by atoms with E-state index in [0.29, 0.717) is 18.5 Å². The van der Waals surface area contributed by atoms with Crippen molar-refractivity contribution in [2.45, 2.75) is 25.7 Å². The lowest BCUT2D eigenvalue weighted by molar-refractivity contribution is -0.125. The second-order valence-corrected chi connectivity index (χ2v) is 7.47. The number of hydrogen-bond donors (Lipinski definition) is 3. The van der Waals surface area contributed by atoms with E-state index in [9.17, 15) is 24.9 Å². The third kappa shape index (κ3) is 8.45. The predicted molar refractivity (Wildman–Crippen MR) is 126 cm³/mol. The highest BCUT2D eigenvalue weighted by molar-refractivity contribution is 6.43. The van der Waals surface area contributed by atoms with Crippen molar-refractivity contribution in [1.29, 1.82) is 5.26 Å². The lowest BCUT2D eigenvalue weighted by Gasteiger charge is -2.17. The first-order chi connectivity index (χ1) is 15.8. The molecule has 2 aromatic rings. The van der Waals surface area contributed by atoms with Crippen LogP contribution in [0, 0.1) is 11.3 Å². The highest BCUT2D eigenvalue weighted by Gasteiger charge is 2.26. The first-order valence-corrected chi connectivity index (χ1v) is 10.6. The number of ether oxygens (including phenoxy) is 1. The Morgan fingerprint density at radius 1 is 1.18 bits per heavy atom. The van der Waals surface area contributed by atoms with Gasteiger partial charge in [0.25, 0.3) is 5.91 Å². The first kappa shape index (κ1) is 25.7. The van der Waals surface area contributed by atoms with E-state index >= 15 is 0 Å². The standard InChI is InChI=1S/C24H28BN3O5/c1-3-28(2)23(29)21(17-26)15-20-11-7-10-19(14-20)12-13-33-24(30)27-22(25(31)32)16-18-8-5-4-6-9-18/h4-11,14-15,22,31-32H,3,12-13,16H2,1-2H3,(H,27,30). The molecule has 8 nitrogen and oxygen atoms in total. The summed E-state index contributed by atoms with van der Waals surface area (Å²) in [6.07, 6.45) is 1.43. The van der Waals surface area contributed by atoms with Crippen LogP contribution in [0.2, 0.25) is 0 Å². The summed E-state index contributed by atoms with van der Waals surface area (Å²) in [6.45, 7) is 2.40. The Morgan fingerprint density at radius 3 is 2.52 bits per heavy atom. The topological polar surface area (TPSA) is 123 Å². The Morgan fingerprint density at radius 2 is 1.88 bits per heavy atom. The summed E-state index contributed by atoms with van der Waals surface area (Å²) in [5.41, 5.74) is 2.44. The molecular formula is C24H28BN3O5. The average molecular weight is 449 g/mol. The predicted octanol–water partition coefficient (Wildman–Crippen LogP) is 1.96. The molecule has 0 radical (unpaired) electrons. The van der Waals surface area contributed by atoms with Crippen LogP contribution in [0.5, 0.6) is 0 Å². The lowest BCUT2D eigenvalue weighted by Crippen LogP contribution is -2.48. The fourth-order valence-corrected chi connectivity index (χ4v) is 3.05. The van der Waals surface area contributed by atoms with Crippen molar-refractivity contribution in [2.75, 3.05) is 20.2 Å². The molecule has 0 bridgehead atoms. The highest BCUT2D eigenvalue weighted by atomic mass is 16.5. The van der Waals surface area contributed by atoms with Crippen LogP contribution in [0.25, 0.3) is 6.08 Å². The van der Waals surface area contributed by atoms with Gasteiger partial charge in [0.2, 0.25) is 0 Å². The summed E-state index contributed by atoms with van der Waals surface area (Å²) in [6, 6.07) is 18.3. The van der Waals surface area contributed by atoms with E-state index in [4.69, 9.17) is 4.74 Å². The molecule has 0 aliphatic rings. The van der Waals surface area contributed by atoms with Gasteiger partial charge in [0, 0.05) is 20.0 Å². The molecule has 3 N–H and O–H groups in total. The SMILES string of the molecule is CCN(C)C(=O)C(C#N)=Cc1cccc(CCOC(=O)NC(Cc2ccccc2)B(O)O)c1. The number of amides is 2. The molecule has 172 valence electrons. The van der Waals surface area contributed by atoms with Gasteiger partial charge in [-0.05, 0) is 36.1 Å². The summed E-state index contributed by atoms with van der Waals surface area (Å²) in [5.74, 6) is -1.25. The van der Waals surface area contributed by atoms with Crippen molar-refractivity contribution >= 4 is 25.2 Å². The zero-order chi connectivity index (χ0) is 24.2. The van der Waals surface area contributed by atoms with Crippen molar-refractivity contribution in [1.82, 2.24) is 10.2 Å². The number of nitriles is 1. The van der Waals surface area contributed by atoms with Crippen LogP contribution >= 0.6 is 0 Å². The van der Waals surface area contributed by atoms with Crippen LogP contribution in [0.4, 0.5) is 4.79 Å². The molecule has 9 heteroatoms. The molecule has 0 heterocycles. The van der Waals surface area contributed by atoms with Crippen LogP contribution in [0.3, 0.4) is 0 Å². The molecule has 1 atom stereocenters. The Balaban J connectivity index is 1.92. The fourth-order valence-electron chi connectivity index (χ4n) is 3.05. The van der Waals surface area contributed by atoms with Gasteiger partial charge in [0.15, 0.2) is 0 Å². The molecule has 0 saturated heterocycles. The third-order valence-electron chi connectivity index (χ3n) is 5.02. The molecular weight excluding hydrogens is 421 g/mol. The minimum absolute atomic E-state index is 0.0409. The molecule has 0 aromatic heterocycles. The number of nitrogens with one attached hydrogen (secondary N) is 1. The van der Waals surface area contributed by atoms with Gasteiger partial charge < -0.3 is 25.0 Å². The van der Waals surface area contributed by atoms with Gasteiger partial charge in [-0.3, -0.25) is 4.79 Å². The van der Waals surface area contributed by atoms with Gasteiger partial charge in [0.05, 0.1) is 12.5 Å². The van der Waals surface area contributed by atoms with E-state index in [1.807, 2.05) is 55.5 Å².